The molecule has 1 aromatic rings. The van der Waals surface area contributed by atoms with Crippen molar-refractivity contribution in [2.45, 2.75) is 24.6 Å². The summed E-state index contributed by atoms with van der Waals surface area (Å²) in [4.78, 5) is 3.53. The van der Waals surface area contributed by atoms with Crippen LogP contribution in [0.1, 0.15) is 6.23 Å². The summed E-state index contributed by atoms with van der Waals surface area (Å²) >= 11 is 4.83. The Balaban J connectivity index is 2.39. The number of hydrogen-bond acceptors (Lipinski definition) is 6. The molecule has 9 heteroatoms. The Bertz CT molecular complexity index is 512. The Morgan fingerprint density at radius 1 is 1.61 bits per heavy atom. The van der Waals surface area contributed by atoms with Crippen molar-refractivity contribution in [3.63, 3.8) is 0 Å². The third-order valence-corrected chi connectivity index (χ3v) is 2.98. The molecule has 2 heterocycles. The Kier molecular flexibility index (Phi) is 3.57. The highest BCUT2D eigenvalue weighted by Gasteiger charge is 2.45. The van der Waals surface area contributed by atoms with E-state index < -0.39 is 37.0 Å². The van der Waals surface area contributed by atoms with E-state index >= 15 is 0 Å². The molecule has 4 atom stereocenters. The molecule has 18 heavy (non-hydrogen) atoms. The van der Waals surface area contributed by atoms with Gasteiger partial charge in [0, 0.05) is 6.20 Å². The predicted octanol–water partition coefficient (Wildman–Crippen LogP) is -0.0774. The molecule has 0 bridgehead atoms. The molecule has 1 aliphatic rings. The maximum atomic E-state index is 13.5. The molecule has 6 nitrogen and oxygen atoms in total. The molecule has 4 N–H and O–H groups in total. The van der Waals surface area contributed by atoms with Gasteiger partial charge in [0.2, 0.25) is 4.77 Å². The number of halogens is 2. The second-order valence-electron chi connectivity index (χ2n) is 3.85. The van der Waals surface area contributed by atoms with E-state index in [0.717, 1.165) is 10.8 Å². The number of anilines is 1. The molecule has 0 amide bonds. The van der Waals surface area contributed by atoms with Crippen LogP contribution in [0.25, 0.3) is 0 Å². The molecule has 0 radical (unpaired) electrons. The molecule has 1 aromatic heterocycles. The molecular formula is C9H11F2N3O3S. The average Bonchev–Trinajstić information content (AvgIpc) is 2.61. The van der Waals surface area contributed by atoms with Crippen molar-refractivity contribution in [3.05, 3.63) is 16.8 Å². The van der Waals surface area contributed by atoms with Crippen LogP contribution in [-0.2, 0) is 4.74 Å². The van der Waals surface area contributed by atoms with Crippen LogP contribution >= 0.6 is 12.2 Å². The molecule has 0 spiro atoms. The van der Waals surface area contributed by atoms with E-state index in [2.05, 4.69) is 4.98 Å². The summed E-state index contributed by atoms with van der Waals surface area (Å²) < 4.78 is 32.7. The summed E-state index contributed by atoms with van der Waals surface area (Å²) in [6.45, 7) is -0.604. The predicted molar refractivity (Wildman–Crippen MR) is 59.3 cm³/mol. The smallest absolute Gasteiger partial charge is 0.203 e. The monoisotopic (exact) mass is 279 g/mol. The molecule has 1 aliphatic heterocycles. The summed E-state index contributed by atoms with van der Waals surface area (Å²) in [6, 6.07) is 0. The minimum absolute atomic E-state index is 0.149. The van der Waals surface area contributed by atoms with Crippen molar-refractivity contribution < 1.29 is 23.7 Å². The van der Waals surface area contributed by atoms with Gasteiger partial charge in [0.1, 0.15) is 12.2 Å². The van der Waals surface area contributed by atoms with Gasteiger partial charge in [0.25, 0.3) is 0 Å². The van der Waals surface area contributed by atoms with Crippen molar-refractivity contribution >= 4 is 18.0 Å². The SMILES string of the molecule is Nc1nc(=S)n(C2OC(CO)C(F)C2O)cc1F. The highest BCUT2D eigenvalue weighted by molar-refractivity contribution is 7.71. The van der Waals surface area contributed by atoms with Gasteiger partial charge < -0.3 is 20.7 Å². The van der Waals surface area contributed by atoms with Gasteiger partial charge in [-0.25, -0.2) is 8.78 Å². The summed E-state index contributed by atoms with van der Waals surface area (Å²) in [6.07, 6.45) is -4.91. The van der Waals surface area contributed by atoms with Crippen molar-refractivity contribution in [2.75, 3.05) is 12.3 Å². The minimum Gasteiger partial charge on any atom is -0.394 e. The lowest BCUT2D eigenvalue weighted by molar-refractivity contribution is -0.0531. The summed E-state index contributed by atoms with van der Waals surface area (Å²) in [5.74, 6) is -1.25. The van der Waals surface area contributed by atoms with Gasteiger partial charge in [-0.3, -0.25) is 4.57 Å². The van der Waals surface area contributed by atoms with Crippen LogP contribution in [0.4, 0.5) is 14.6 Å². The number of hydrogen-bond donors (Lipinski definition) is 3. The van der Waals surface area contributed by atoms with E-state index in [1.807, 2.05) is 0 Å². The van der Waals surface area contributed by atoms with Gasteiger partial charge in [-0.15, -0.1) is 0 Å². The standard InChI is InChI=1S/C9H11F2N3O3S/c10-3-1-14(9(18)13-7(3)12)8-6(16)5(11)4(2-15)17-8/h1,4-6,8,15-16H,2H2,(H2,12,13,18). The van der Waals surface area contributed by atoms with Crippen molar-refractivity contribution in [1.29, 1.82) is 0 Å². The summed E-state index contributed by atoms with van der Waals surface area (Å²) in [7, 11) is 0. The molecule has 4 unspecified atom stereocenters. The first-order valence-electron chi connectivity index (χ1n) is 5.08. The fourth-order valence-electron chi connectivity index (χ4n) is 1.73. The molecular weight excluding hydrogens is 268 g/mol. The second-order valence-corrected chi connectivity index (χ2v) is 4.21. The van der Waals surface area contributed by atoms with Crippen molar-refractivity contribution in [1.82, 2.24) is 9.55 Å². The van der Waals surface area contributed by atoms with E-state index in [0.29, 0.717) is 0 Å². The third-order valence-electron chi connectivity index (χ3n) is 2.68. The van der Waals surface area contributed by atoms with Crippen LogP contribution in [-0.4, -0.2) is 44.8 Å². The minimum atomic E-state index is -1.79. The van der Waals surface area contributed by atoms with Crippen molar-refractivity contribution in [3.8, 4) is 0 Å². The molecule has 0 aliphatic carbocycles. The average molecular weight is 279 g/mol. The first-order chi connectivity index (χ1) is 8.45. The fraction of sp³-hybridized carbons (Fsp3) is 0.556. The second kappa shape index (κ2) is 4.84. The van der Waals surface area contributed by atoms with Crippen molar-refractivity contribution in [2.24, 2.45) is 0 Å². The van der Waals surface area contributed by atoms with Crippen LogP contribution in [0.3, 0.4) is 0 Å². The lowest BCUT2D eigenvalue weighted by atomic mass is 10.1. The first-order valence-corrected chi connectivity index (χ1v) is 5.49. The molecule has 1 fully saturated rings. The zero-order valence-corrected chi connectivity index (χ0v) is 9.85. The maximum Gasteiger partial charge on any atom is 0.203 e. The molecule has 0 saturated carbocycles. The highest BCUT2D eigenvalue weighted by atomic mass is 32.1. The van der Waals surface area contributed by atoms with E-state index in [9.17, 15) is 13.9 Å². The fourth-order valence-corrected chi connectivity index (χ4v) is 1.98. The van der Waals surface area contributed by atoms with Crippen LogP contribution in [0.5, 0.6) is 0 Å². The first kappa shape index (κ1) is 13.3. The van der Waals surface area contributed by atoms with E-state index in [1.165, 1.54) is 0 Å². The zero-order chi connectivity index (χ0) is 13.4. The van der Waals surface area contributed by atoms with Gasteiger partial charge in [0.05, 0.1) is 6.61 Å². The lowest BCUT2D eigenvalue weighted by Crippen LogP contribution is -2.29. The zero-order valence-electron chi connectivity index (χ0n) is 9.03. The van der Waals surface area contributed by atoms with Crippen LogP contribution in [0.2, 0.25) is 0 Å². The number of alkyl halides is 1. The summed E-state index contributed by atoms with van der Waals surface area (Å²) in [5.41, 5.74) is 5.22. The molecule has 1 saturated heterocycles. The highest BCUT2D eigenvalue weighted by Crippen LogP contribution is 2.31. The van der Waals surface area contributed by atoms with Gasteiger partial charge in [-0.1, -0.05) is 0 Å². The number of nitrogens with zero attached hydrogens (tertiary/aromatic N) is 2. The molecule has 100 valence electrons. The molecule has 0 aromatic carbocycles. The van der Waals surface area contributed by atoms with Gasteiger partial charge in [-0.05, 0) is 12.2 Å². The quantitative estimate of drug-likeness (QED) is 0.656. The van der Waals surface area contributed by atoms with Gasteiger partial charge in [-0.2, -0.15) is 4.98 Å². The summed E-state index contributed by atoms with van der Waals surface area (Å²) in [5, 5.41) is 18.5. The normalized spacial score (nSPS) is 31.8. The molecule has 2 rings (SSSR count). The largest absolute Gasteiger partial charge is 0.394 e. The number of aliphatic hydroxyl groups excluding tert-OH is 2. The van der Waals surface area contributed by atoms with E-state index in [1.54, 1.807) is 0 Å². The topological polar surface area (TPSA) is 93.5 Å². The number of aromatic nitrogens is 2. The number of nitrogens with two attached hydrogens (primary N) is 1. The number of ether oxygens (including phenoxy) is 1. The number of rotatable bonds is 2. The van der Waals surface area contributed by atoms with Crippen LogP contribution < -0.4 is 5.73 Å². The Morgan fingerprint density at radius 3 is 2.83 bits per heavy atom. The lowest BCUT2D eigenvalue weighted by Gasteiger charge is -2.18. The van der Waals surface area contributed by atoms with E-state index in [-0.39, 0.29) is 10.6 Å². The van der Waals surface area contributed by atoms with Crippen LogP contribution in [0, 0.1) is 10.6 Å². The van der Waals surface area contributed by atoms with Gasteiger partial charge in [0.15, 0.2) is 24.0 Å². The third kappa shape index (κ3) is 2.09. The maximum absolute atomic E-state index is 13.5. The van der Waals surface area contributed by atoms with Crippen LogP contribution in [0.15, 0.2) is 6.20 Å². The Morgan fingerprint density at radius 2 is 2.28 bits per heavy atom. The Hall–Kier alpha value is -1.16. The Labute approximate surface area is 106 Å². The number of nitrogen functional groups attached to an aromatic ring is 1. The van der Waals surface area contributed by atoms with E-state index in [4.69, 9.17) is 27.8 Å². The number of aliphatic hydroxyl groups is 2. The van der Waals surface area contributed by atoms with Gasteiger partial charge >= 0.3 is 0 Å².